The zero-order valence-corrected chi connectivity index (χ0v) is 13.5. The molecular formula is C22H17NO2. The Labute approximate surface area is 146 Å². The predicted octanol–water partition coefficient (Wildman–Crippen LogP) is 5.04. The van der Waals surface area contributed by atoms with E-state index in [1.165, 1.54) is 0 Å². The summed E-state index contributed by atoms with van der Waals surface area (Å²) in [5.41, 5.74) is 3.27. The van der Waals surface area contributed by atoms with Crippen LogP contribution in [0.25, 0.3) is 6.08 Å². The van der Waals surface area contributed by atoms with E-state index in [9.17, 15) is 9.90 Å². The first-order valence-corrected chi connectivity index (χ1v) is 7.91. The lowest BCUT2D eigenvalue weighted by Gasteiger charge is -1.98. The normalized spacial score (nSPS) is 11.2. The van der Waals surface area contributed by atoms with Gasteiger partial charge >= 0.3 is 0 Å². The highest BCUT2D eigenvalue weighted by molar-refractivity contribution is 6.07. The Morgan fingerprint density at radius 1 is 0.800 bits per heavy atom. The van der Waals surface area contributed by atoms with Crippen molar-refractivity contribution in [3.63, 3.8) is 0 Å². The average Bonchev–Trinajstić information content (AvgIpc) is 2.67. The topological polar surface area (TPSA) is 49.7 Å². The molecule has 0 amide bonds. The van der Waals surface area contributed by atoms with Gasteiger partial charge in [-0.15, -0.1) is 0 Å². The second kappa shape index (κ2) is 7.88. The Hall–Kier alpha value is -3.46. The number of nitrogens with zero attached hydrogens (tertiary/aromatic N) is 1. The summed E-state index contributed by atoms with van der Waals surface area (Å²) >= 11 is 0. The van der Waals surface area contributed by atoms with E-state index >= 15 is 0 Å². The molecule has 0 saturated heterocycles. The van der Waals surface area contributed by atoms with E-state index in [0.717, 1.165) is 16.8 Å². The fraction of sp³-hybridized carbons (Fsp3) is 0. The molecule has 0 atom stereocenters. The van der Waals surface area contributed by atoms with E-state index in [1.807, 2.05) is 30.3 Å². The first-order valence-electron chi connectivity index (χ1n) is 7.91. The second-order valence-corrected chi connectivity index (χ2v) is 5.50. The van der Waals surface area contributed by atoms with Crippen LogP contribution in [0.2, 0.25) is 0 Å². The van der Waals surface area contributed by atoms with Gasteiger partial charge in [-0.3, -0.25) is 9.79 Å². The van der Waals surface area contributed by atoms with E-state index in [-0.39, 0.29) is 11.5 Å². The highest BCUT2D eigenvalue weighted by atomic mass is 16.3. The number of rotatable bonds is 5. The van der Waals surface area contributed by atoms with Crippen LogP contribution < -0.4 is 0 Å². The van der Waals surface area contributed by atoms with E-state index in [1.54, 1.807) is 66.9 Å². The van der Waals surface area contributed by atoms with Gasteiger partial charge in [-0.05, 0) is 65.7 Å². The molecule has 3 aromatic rings. The Morgan fingerprint density at radius 2 is 1.48 bits per heavy atom. The summed E-state index contributed by atoms with van der Waals surface area (Å²) in [4.78, 5) is 16.6. The molecule has 0 radical (unpaired) electrons. The van der Waals surface area contributed by atoms with Gasteiger partial charge in [0.05, 0.1) is 5.69 Å². The Morgan fingerprint density at radius 3 is 2.16 bits per heavy atom. The third-order valence-electron chi connectivity index (χ3n) is 3.63. The molecule has 0 spiro atoms. The second-order valence-electron chi connectivity index (χ2n) is 5.50. The number of aliphatic imine (C=N–C) groups is 1. The molecule has 3 heteroatoms. The number of phenolic OH excluding ortho intramolecular Hbond substituents is 1. The zero-order valence-electron chi connectivity index (χ0n) is 13.5. The summed E-state index contributed by atoms with van der Waals surface area (Å²) in [5.74, 6) is 0.182. The van der Waals surface area contributed by atoms with Crippen molar-refractivity contribution < 1.29 is 9.90 Å². The summed E-state index contributed by atoms with van der Waals surface area (Å²) in [7, 11) is 0. The third-order valence-corrected chi connectivity index (χ3v) is 3.63. The lowest BCUT2D eigenvalue weighted by Crippen LogP contribution is -1.93. The molecule has 0 aliphatic rings. The minimum atomic E-state index is -0.0436. The molecule has 0 aliphatic heterocycles. The largest absolute Gasteiger partial charge is 0.508 e. The fourth-order valence-electron chi connectivity index (χ4n) is 2.25. The van der Waals surface area contributed by atoms with Gasteiger partial charge in [0.2, 0.25) is 0 Å². The fourth-order valence-corrected chi connectivity index (χ4v) is 2.25. The Bertz CT molecular complexity index is 893. The lowest BCUT2D eigenvalue weighted by atomic mass is 10.1. The summed E-state index contributed by atoms with van der Waals surface area (Å²) in [6.07, 6.45) is 5.09. The molecule has 0 heterocycles. The van der Waals surface area contributed by atoms with Gasteiger partial charge in [-0.25, -0.2) is 0 Å². The van der Waals surface area contributed by atoms with Crippen LogP contribution >= 0.6 is 0 Å². The van der Waals surface area contributed by atoms with Crippen molar-refractivity contribution in [2.75, 3.05) is 0 Å². The predicted molar refractivity (Wildman–Crippen MR) is 102 cm³/mol. The van der Waals surface area contributed by atoms with Gasteiger partial charge in [0.25, 0.3) is 0 Å². The van der Waals surface area contributed by atoms with Gasteiger partial charge < -0.3 is 5.11 Å². The molecule has 0 bridgehead atoms. The van der Waals surface area contributed by atoms with Crippen LogP contribution in [0, 0.1) is 0 Å². The summed E-state index contributed by atoms with van der Waals surface area (Å²) in [6.45, 7) is 0. The van der Waals surface area contributed by atoms with Crippen LogP contribution in [-0.2, 0) is 0 Å². The molecule has 0 saturated carbocycles. The van der Waals surface area contributed by atoms with Gasteiger partial charge in [0.1, 0.15) is 5.75 Å². The molecule has 25 heavy (non-hydrogen) atoms. The van der Waals surface area contributed by atoms with E-state index in [4.69, 9.17) is 0 Å². The number of aromatic hydroxyl groups is 1. The molecule has 3 rings (SSSR count). The van der Waals surface area contributed by atoms with E-state index < -0.39 is 0 Å². The maximum absolute atomic E-state index is 12.2. The Kier molecular flexibility index (Phi) is 5.17. The summed E-state index contributed by atoms with van der Waals surface area (Å²) < 4.78 is 0. The van der Waals surface area contributed by atoms with Crippen molar-refractivity contribution in [1.29, 1.82) is 0 Å². The number of hydrogen-bond donors (Lipinski definition) is 1. The number of carbonyl (C=O) groups excluding carboxylic acids is 1. The van der Waals surface area contributed by atoms with Crippen LogP contribution in [0.1, 0.15) is 21.5 Å². The third kappa shape index (κ3) is 4.75. The van der Waals surface area contributed by atoms with Crippen molar-refractivity contribution in [1.82, 2.24) is 0 Å². The maximum atomic E-state index is 12.2. The van der Waals surface area contributed by atoms with Crippen LogP contribution in [0.4, 0.5) is 5.69 Å². The molecule has 3 nitrogen and oxygen atoms in total. The summed E-state index contributed by atoms with van der Waals surface area (Å²) in [6, 6.07) is 23.6. The van der Waals surface area contributed by atoms with Crippen molar-refractivity contribution in [3.05, 3.63) is 102 Å². The van der Waals surface area contributed by atoms with Crippen LogP contribution in [-0.4, -0.2) is 17.1 Å². The van der Waals surface area contributed by atoms with Crippen LogP contribution in [0.5, 0.6) is 5.75 Å². The minimum Gasteiger partial charge on any atom is -0.508 e. The zero-order chi connectivity index (χ0) is 17.5. The maximum Gasteiger partial charge on any atom is 0.185 e. The smallest absolute Gasteiger partial charge is 0.185 e. The minimum absolute atomic E-state index is 0.0436. The molecule has 0 unspecified atom stereocenters. The molecule has 3 aromatic carbocycles. The Balaban J connectivity index is 1.66. The molecule has 1 N–H and O–H groups in total. The van der Waals surface area contributed by atoms with Crippen molar-refractivity contribution in [2.45, 2.75) is 0 Å². The number of ketones is 1. The van der Waals surface area contributed by atoms with Crippen LogP contribution in [0.3, 0.4) is 0 Å². The molecule has 122 valence electrons. The molecule has 0 aliphatic carbocycles. The molecule has 0 fully saturated rings. The van der Waals surface area contributed by atoms with Crippen LogP contribution in [0.15, 0.2) is 89.9 Å². The van der Waals surface area contributed by atoms with Gasteiger partial charge in [0.15, 0.2) is 5.78 Å². The number of phenols is 1. The van der Waals surface area contributed by atoms with Gasteiger partial charge in [-0.2, -0.15) is 0 Å². The SMILES string of the molecule is O=C(/C=C/c1ccccc1)c1ccc(N=Cc2ccc(O)cc2)cc1. The number of hydrogen-bond acceptors (Lipinski definition) is 3. The lowest BCUT2D eigenvalue weighted by molar-refractivity contribution is 0.104. The van der Waals surface area contributed by atoms with Crippen molar-refractivity contribution in [2.24, 2.45) is 4.99 Å². The number of carbonyl (C=O) groups is 1. The highest BCUT2D eigenvalue weighted by Crippen LogP contribution is 2.15. The number of benzene rings is 3. The van der Waals surface area contributed by atoms with E-state index in [2.05, 4.69) is 4.99 Å². The first kappa shape index (κ1) is 16.4. The number of allylic oxidation sites excluding steroid dienone is 1. The molecule has 0 aromatic heterocycles. The average molecular weight is 327 g/mol. The first-order chi connectivity index (χ1) is 12.2. The standard InChI is InChI=1S/C22H17NO2/c24-21-13-6-18(7-14-21)16-23-20-11-9-19(10-12-20)22(25)15-8-17-4-2-1-3-5-17/h1-16,24H/b15-8+,23-16?. The summed E-state index contributed by atoms with van der Waals surface area (Å²) in [5, 5.41) is 9.26. The monoisotopic (exact) mass is 327 g/mol. The quantitative estimate of drug-likeness (QED) is 0.405. The van der Waals surface area contributed by atoms with Gasteiger partial charge in [-0.1, -0.05) is 36.4 Å². The van der Waals surface area contributed by atoms with Crippen molar-refractivity contribution >= 4 is 23.8 Å². The van der Waals surface area contributed by atoms with E-state index in [0.29, 0.717) is 5.56 Å². The molecular weight excluding hydrogens is 310 g/mol. The highest BCUT2D eigenvalue weighted by Gasteiger charge is 2.01. The van der Waals surface area contributed by atoms with Crippen molar-refractivity contribution in [3.8, 4) is 5.75 Å². The van der Waals surface area contributed by atoms with Gasteiger partial charge in [0, 0.05) is 11.8 Å².